The molecule has 166 valence electrons. The minimum Gasteiger partial charge on any atom is -0.355 e. The smallest absolute Gasteiger partial charge is 0.220 e. The Morgan fingerprint density at radius 2 is 2.03 bits per heavy atom. The van der Waals surface area contributed by atoms with Gasteiger partial charge in [0.2, 0.25) is 5.91 Å². The number of hydrogen-bond acceptors (Lipinski definition) is 5. The van der Waals surface area contributed by atoms with Crippen molar-refractivity contribution in [2.24, 2.45) is 12.0 Å². The van der Waals surface area contributed by atoms with Crippen LogP contribution in [0.3, 0.4) is 0 Å². The Hall–Kier alpha value is -1.80. The predicted octanol–water partition coefficient (Wildman–Crippen LogP) is 4.54. The number of amides is 1. The molecule has 3 aromatic rings. The third-order valence-electron chi connectivity index (χ3n) is 5.16. The summed E-state index contributed by atoms with van der Waals surface area (Å²) in [6.45, 7) is 5.43. The molecule has 0 saturated heterocycles. The SMILES string of the molecule is CCN(CCNC(=O)CCSc1ccc2cc(Cl)ccc2c1)Cc1csc(=NC)n1C. The van der Waals surface area contributed by atoms with E-state index in [4.69, 9.17) is 11.6 Å². The van der Waals surface area contributed by atoms with Gasteiger partial charge in [-0.2, -0.15) is 0 Å². The van der Waals surface area contributed by atoms with E-state index in [1.54, 1.807) is 23.1 Å². The average Bonchev–Trinajstić information content (AvgIpc) is 3.12. The standard InChI is InChI=1S/C23H29ClN4OS2/c1-4-28(15-20-16-31-23(25-2)27(20)3)11-10-26-22(29)9-12-30-21-8-6-17-13-19(24)7-5-18(17)14-21/h5-8,13-14,16H,4,9-12,15H2,1-3H3,(H,26,29). The molecule has 0 radical (unpaired) electrons. The van der Waals surface area contributed by atoms with Crippen molar-refractivity contribution in [3.8, 4) is 0 Å². The third-order valence-corrected chi connectivity index (χ3v) is 7.45. The van der Waals surface area contributed by atoms with Crippen LogP contribution in [0.25, 0.3) is 10.8 Å². The van der Waals surface area contributed by atoms with Gasteiger partial charge in [-0.1, -0.05) is 30.7 Å². The number of aromatic nitrogens is 1. The van der Waals surface area contributed by atoms with E-state index in [0.717, 1.165) is 46.0 Å². The molecule has 0 bridgehead atoms. The number of benzene rings is 2. The van der Waals surface area contributed by atoms with Gasteiger partial charge < -0.3 is 9.88 Å². The first-order chi connectivity index (χ1) is 15.0. The molecular weight excluding hydrogens is 448 g/mol. The first kappa shape index (κ1) is 23.9. The fourth-order valence-corrected chi connectivity index (χ4v) is 5.25. The van der Waals surface area contributed by atoms with E-state index < -0.39 is 0 Å². The van der Waals surface area contributed by atoms with E-state index in [2.05, 4.69) is 50.3 Å². The van der Waals surface area contributed by atoms with E-state index in [1.807, 2.05) is 32.3 Å². The lowest BCUT2D eigenvalue weighted by Gasteiger charge is -2.20. The summed E-state index contributed by atoms with van der Waals surface area (Å²) >= 11 is 9.41. The third kappa shape index (κ3) is 6.84. The molecule has 0 saturated carbocycles. The zero-order valence-corrected chi connectivity index (χ0v) is 20.6. The van der Waals surface area contributed by atoms with Crippen molar-refractivity contribution >= 4 is 51.4 Å². The number of rotatable bonds is 10. The van der Waals surface area contributed by atoms with Crippen LogP contribution in [0.4, 0.5) is 0 Å². The van der Waals surface area contributed by atoms with Crippen LogP contribution in [0.2, 0.25) is 5.02 Å². The van der Waals surface area contributed by atoms with Gasteiger partial charge in [-0.05, 0) is 41.6 Å². The highest BCUT2D eigenvalue weighted by Gasteiger charge is 2.09. The van der Waals surface area contributed by atoms with Gasteiger partial charge in [0, 0.05) is 66.9 Å². The number of hydrogen-bond donors (Lipinski definition) is 1. The second-order valence-corrected chi connectivity index (χ2v) is 9.70. The van der Waals surface area contributed by atoms with E-state index in [9.17, 15) is 4.79 Å². The van der Waals surface area contributed by atoms with Crippen molar-refractivity contribution in [1.82, 2.24) is 14.8 Å². The zero-order valence-electron chi connectivity index (χ0n) is 18.2. The van der Waals surface area contributed by atoms with Gasteiger partial charge in [0.1, 0.15) is 0 Å². The minimum atomic E-state index is 0.101. The zero-order chi connectivity index (χ0) is 22.2. The largest absolute Gasteiger partial charge is 0.355 e. The van der Waals surface area contributed by atoms with Gasteiger partial charge in [0.05, 0.1) is 0 Å². The van der Waals surface area contributed by atoms with Crippen LogP contribution in [-0.2, 0) is 18.4 Å². The Balaban J connectivity index is 1.39. The maximum atomic E-state index is 12.2. The second kappa shape index (κ2) is 11.7. The van der Waals surface area contributed by atoms with Crippen molar-refractivity contribution in [3.63, 3.8) is 0 Å². The predicted molar refractivity (Wildman–Crippen MR) is 133 cm³/mol. The number of fused-ring (bicyclic) bond motifs is 1. The van der Waals surface area contributed by atoms with Crippen molar-refractivity contribution in [3.05, 3.63) is 57.3 Å². The monoisotopic (exact) mass is 476 g/mol. The normalized spacial score (nSPS) is 12.1. The fraction of sp³-hybridized carbons (Fsp3) is 0.391. The molecule has 1 amide bonds. The number of carbonyl (C=O) groups excluding carboxylic acids is 1. The Kier molecular flexibility index (Phi) is 9.02. The maximum Gasteiger partial charge on any atom is 0.220 e. The van der Waals surface area contributed by atoms with Gasteiger partial charge in [-0.3, -0.25) is 14.7 Å². The summed E-state index contributed by atoms with van der Waals surface area (Å²) in [5, 5.41) is 8.25. The number of thioether (sulfide) groups is 1. The van der Waals surface area contributed by atoms with Crippen LogP contribution >= 0.6 is 34.7 Å². The molecule has 31 heavy (non-hydrogen) atoms. The van der Waals surface area contributed by atoms with Crippen molar-refractivity contribution < 1.29 is 4.79 Å². The minimum absolute atomic E-state index is 0.101. The summed E-state index contributed by atoms with van der Waals surface area (Å²) in [5.74, 6) is 0.862. The van der Waals surface area contributed by atoms with E-state index in [1.165, 1.54) is 10.6 Å². The van der Waals surface area contributed by atoms with Gasteiger partial charge in [0.25, 0.3) is 0 Å². The maximum absolute atomic E-state index is 12.2. The molecular formula is C23H29ClN4OS2. The lowest BCUT2D eigenvalue weighted by atomic mass is 10.1. The second-order valence-electron chi connectivity index (χ2n) is 7.26. The highest BCUT2D eigenvalue weighted by atomic mass is 35.5. The summed E-state index contributed by atoms with van der Waals surface area (Å²) in [5.41, 5.74) is 1.24. The molecule has 0 aliphatic carbocycles. The van der Waals surface area contributed by atoms with Crippen LogP contribution in [0.5, 0.6) is 0 Å². The summed E-state index contributed by atoms with van der Waals surface area (Å²) in [7, 11) is 3.86. The first-order valence-corrected chi connectivity index (χ1v) is 12.6. The number of likely N-dealkylation sites (N-methyl/N-ethyl adjacent to an activating group) is 1. The van der Waals surface area contributed by atoms with Crippen LogP contribution in [0, 0.1) is 0 Å². The van der Waals surface area contributed by atoms with Crippen LogP contribution in [0.15, 0.2) is 51.7 Å². The average molecular weight is 477 g/mol. The van der Waals surface area contributed by atoms with Crippen LogP contribution in [-0.4, -0.2) is 47.8 Å². The Morgan fingerprint density at radius 3 is 2.77 bits per heavy atom. The summed E-state index contributed by atoms with van der Waals surface area (Å²) in [4.78, 5) is 21.0. The number of thiazole rings is 1. The first-order valence-electron chi connectivity index (χ1n) is 10.4. The molecule has 1 N–H and O–H groups in total. The molecule has 2 aromatic carbocycles. The van der Waals surface area contributed by atoms with Crippen LogP contribution < -0.4 is 10.1 Å². The molecule has 3 rings (SSSR count). The summed E-state index contributed by atoms with van der Waals surface area (Å²) in [6, 6.07) is 12.2. The van der Waals surface area contributed by atoms with Gasteiger partial charge in [-0.15, -0.1) is 23.1 Å². The quantitative estimate of drug-likeness (QED) is 0.437. The number of carbonyl (C=O) groups is 1. The fourth-order valence-electron chi connectivity index (χ4n) is 3.31. The van der Waals surface area contributed by atoms with Gasteiger partial charge >= 0.3 is 0 Å². The van der Waals surface area contributed by atoms with Crippen molar-refractivity contribution in [2.75, 3.05) is 32.4 Å². The Labute approximate surface area is 197 Å². The summed E-state index contributed by atoms with van der Waals surface area (Å²) < 4.78 is 2.13. The van der Waals surface area contributed by atoms with E-state index in [0.29, 0.717) is 13.0 Å². The molecule has 0 spiro atoms. The number of nitrogens with one attached hydrogen (secondary N) is 1. The highest BCUT2D eigenvalue weighted by Crippen LogP contribution is 2.26. The topological polar surface area (TPSA) is 49.6 Å². The molecule has 1 aromatic heterocycles. The Morgan fingerprint density at radius 1 is 1.26 bits per heavy atom. The highest BCUT2D eigenvalue weighted by molar-refractivity contribution is 7.99. The van der Waals surface area contributed by atoms with E-state index in [-0.39, 0.29) is 5.91 Å². The molecule has 1 heterocycles. The summed E-state index contributed by atoms with van der Waals surface area (Å²) in [6.07, 6.45) is 0.510. The lowest BCUT2D eigenvalue weighted by Crippen LogP contribution is -2.35. The molecule has 0 aliphatic rings. The van der Waals surface area contributed by atoms with E-state index >= 15 is 0 Å². The van der Waals surface area contributed by atoms with Gasteiger partial charge in [-0.25, -0.2) is 0 Å². The van der Waals surface area contributed by atoms with Gasteiger partial charge in [0.15, 0.2) is 4.80 Å². The van der Waals surface area contributed by atoms with Crippen LogP contribution in [0.1, 0.15) is 19.0 Å². The molecule has 8 heteroatoms. The number of halogens is 1. The molecule has 5 nitrogen and oxygen atoms in total. The lowest BCUT2D eigenvalue weighted by molar-refractivity contribution is -0.120. The molecule has 0 unspecified atom stereocenters. The van der Waals surface area contributed by atoms with Crippen molar-refractivity contribution in [2.45, 2.75) is 24.8 Å². The molecule has 0 aliphatic heterocycles. The Bertz CT molecular complexity index is 1090. The van der Waals surface area contributed by atoms with Crippen molar-refractivity contribution in [1.29, 1.82) is 0 Å². The molecule has 0 fully saturated rings. The number of nitrogens with zero attached hydrogens (tertiary/aromatic N) is 3. The molecule has 0 atom stereocenters.